The summed E-state index contributed by atoms with van der Waals surface area (Å²) in [4.78, 5) is 8.40. The molecule has 2 heterocycles. The number of thiophene rings is 1. The van der Waals surface area contributed by atoms with Gasteiger partial charge in [-0.3, -0.25) is 0 Å². The Hall–Kier alpha value is -1.34. The third kappa shape index (κ3) is 3.47. The molecule has 21 heavy (non-hydrogen) atoms. The molecule has 3 rings (SSSR count). The molecule has 1 aromatic heterocycles. The molecule has 1 fully saturated rings. The molecule has 4 heteroatoms. The van der Waals surface area contributed by atoms with Gasteiger partial charge in [0.1, 0.15) is 11.1 Å². The van der Waals surface area contributed by atoms with Crippen molar-refractivity contribution >= 4 is 22.7 Å². The number of nitrogens with zero attached hydrogens (tertiary/aromatic N) is 3. The predicted octanol–water partition coefficient (Wildman–Crippen LogP) is 4.42. The molecular formula is C17H23N3S. The molecule has 0 atom stereocenters. The molecule has 1 saturated heterocycles. The maximum Gasteiger partial charge on any atom is 0.136 e. The fourth-order valence-electron chi connectivity index (χ4n) is 3.28. The Kier molecular flexibility index (Phi) is 4.92. The molecule has 0 N–H and O–H groups in total. The summed E-state index contributed by atoms with van der Waals surface area (Å²) >= 11 is 1.75. The highest BCUT2D eigenvalue weighted by atomic mass is 32.1. The smallest absolute Gasteiger partial charge is 0.136 e. The molecule has 1 aliphatic heterocycles. The zero-order valence-electron chi connectivity index (χ0n) is 12.6. The standard InChI is InChI=1S/C17H23N3S/c18-12-15-14-8-4-3-5-9-16(14)21-17(15)19-13-20-10-6-1-2-7-11-20/h13H,1-11H2/b19-13+. The van der Waals surface area contributed by atoms with Gasteiger partial charge < -0.3 is 4.90 Å². The zero-order valence-corrected chi connectivity index (χ0v) is 13.4. The first-order valence-corrected chi connectivity index (χ1v) is 9.03. The maximum atomic E-state index is 9.51. The Morgan fingerprint density at radius 2 is 1.71 bits per heavy atom. The second-order valence-corrected chi connectivity index (χ2v) is 7.13. The lowest BCUT2D eigenvalue weighted by Crippen LogP contribution is -2.22. The monoisotopic (exact) mass is 301 g/mol. The Balaban J connectivity index is 1.80. The summed E-state index contributed by atoms with van der Waals surface area (Å²) < 4.78 is 0. The summed E-state index contributed by atoms with van der Waals surface area (Å²) in [5.41, 5.74) is 2.14. The molecule has 0 amide bonds. The van der Waals surface area contributed by atoms with Crippen molar-refractivity contribution in [3.63, 3.8) is 0 Å². The molecule has 1 aromatic rings. The normalized spacial score (nSPS) is 19.9. The van der Waals surface area contributed by atoms with Gasteiger partial charge in [-0.15, -0.1) is 11.3 Å². The summed E-state index contributed by atoms with van der Waals surface area (Å²) in [7, 11) is 0. The molecule has 0 aromatic carbocycles. The molecule has 0 saturated carbocycles. The fraction of sp³-hybridized carbons (Fsp3) is 0.647. The van der Waals surface area contributed by atoms with Crippen molar-refractivity contribution in [2.24, 2.45) is 4.99 Å². The van der Waals surface area contributed by atoms with Crippen LogP contribution in [-0.2, 0) is 12.8 Å². The summed E-state index contributed by atoms with van der Waals surface area (Å²) in [5.74, 6) is 0. The number of fused-ring (bicyclic) bond motifs is 1. The van der Waals surface area contributed by atoms with E-state index in [4.69, 9.17) is 0 Å². The van der Waals surface area contributed by atoms with Gasteiger partial charge in [0.2, 0.25) is 0 Å². The average molecular weight is 301 g/mol. The van der Waals surface area contributed by atoms with E-state index in [1.165, 1.54) is 55.4 Å². The zero-order chi connectivity index (χ0) is 14.5. The van der Waals surface area contributed by atoms with Gasteiger partial charge in [0.25, 0.3) is 0 Å². The van der Waals surface area contributed by atoms with Crippen LogP contribution in [0.5, 0.6) is 0 Å². The quantitative estimate of drug-likeness (QED) is 0.460. The first kappa shape index (κ1) is 14.6. The second kappa shape index (κ2) is 7.09. The fourth-order valence-corrected chi connectivity index (χ4v) is 4.46. The second-order valence-electron chi connectivity index (χ2n) is 6.05. The van der Waals surface area contributed by atoms with Crippen LogP contribution in [0.4, 0.5) is 5.00 Å². The van der Waals surface area contributed by atoms with Crippen LogP contribution in [0.1, 0.15) is 60.9 Å². The van der Waals surface area contributed by atoms with Gasteiger partial charge in [-0.05, 0) is 44.1 Å². The lowest BCUT2D eigenvalue weighted by atomic mass is 10.1. The van der Waals surface area contributed by atoms with Crippen LogP contribution in [0.3, 0.4) is 0 Å². The van der Waals surface area contributed by atoms with E-state index in [9.17, 15) is 5.26 Å². The number of likely N-dealkylation sites (tertiary alicyclic amines) is 1. The first-order chi connectivity index (χ1) is 10.4. The van der Waals surface area contributed by atoms with E-state index < -0.39 is 0 Å². The highest BCUT2D eigenvalue weighted by Crippen LogP contribution is 2.38. The largest absolute Gasteiger partial charge is 0.363 e. The van der Waals surface area contributed by atoms with Crippen LogP contribution in [0, 0.1) is 11.3 Å². The topological polar surface area (TPSA) is 39.4 Å². The van der Waals surface area contributed by atoms with Crippen LogP contribution in [0.2, 0.25) is 0 Å². The van der Waals surface area contributed by atoms with E-state index in [-0.39, 0.29) is 0 Å². The SMILES string of the molecule is N#Cc1c(/N=C/N2CCCCCC2)sc2c1CCCCC2. The molecule has 112 valence electrons. The van der Waals surface area contributed by atoms with E-state index in [2.05, 4.69) is 16.0 Å². The molecule has 0 radical (unpaired) electrons. The molecule has 0 spiro atoms. The van der Waals surface area contributed by atoms with E-state index in [1.54, 1.807) is 11.3 Å². The first-order valence-electron chi connectivity index (χ1n) is 8.21. The highest BCUT2D eigenvalue weighted by molar-refractivity contribution is 7.16. The van der Waals surface area contributed by atoms with E-state index in [1.807, 2.05) is 6.34 Å². The third-order valence-electron chi connectivity index (χ3n) is 4.49. The molecular weight excluding hydrogens is 278 g/mol. The van der Waals surface area contributed by atoms with Gasteiger partial charge in [0.15, 0.2) is 0 Å². The Labute approximate surface area is 131 Å². The number of nitriles is 1. The number of aryl methyl sites for hydroxylation is 1. The van der Waals surface area contributed by atoms with Crippen molar-refractivity contribution < 1.29 is 0 Å². The lowest BCUT2D eigenvalue weighted by Gasteiger charge is -2.15. The van der Waals surface area contributed by atoms with Gasteiger partial charge in [0.05, 0.1) is 11.9 Å². The van der Waals surface area contributed by atoms with Crippen molar-refractivity contribution in [1.82, 2.24) is 4.90 Å². The number of hydrogen-bond acceptors (Lipinski definition) is 3. The minimum atomic E-state index is 0.850. The van der Waals surface area contributed by atoms with Crippen LogP contribution < -0.4 is 0 Å². The van der Waals surface area contributed by atoms with Gasteiger partial charge in [-0.1, -0.05) is 19.3 Å². The van der Waals surface area contributed by atoms with E-state index >= 15 is 0 Å². The molecule has 1 aliphatic carbocycles. The maximum absolute atomic E-state index is 9.51. The predicted molar refractivity (Wildman–Crippen MR) is 88.5 cm³/mol. The van der Waals surface area contributed by atoms with Crippen LogP contribution in [0.15, 0.2) is 4.99 Å². The summed E-state index contributed by atoms with van der Waals surface area (Å²) in [5, 5.41) is 10.4. The number of rotatable bonds is 2. The van der Waals surface area contributed by atoms with Crippen LogP contribution >= 0.6 is 11.3 Å². The minimum Gasteiger partial charge on any atom is -0.363 e. The van der Waals surface area contributed by atoms with Crippen molar-refractivity contribution in [3.8, 4) is 6.07 Å². The van der Waals surface area contributed by atoms with Crippen molar-refractivity contribution in [2.75, 3.05) is 13.1 Å². The molecule has 3 nitrogen and oxygen atoms in total. The van der Waals surface area contributed by atoms with Crippen molar-refractivity contribution in [3.05, 3.63) is 16.0 Å². The summed E-state index contributed by atoms with van der Waals surface area (Å²) in [6, 6.07) is 2.41. The summed E-state index contributed by atoms with van der Waals surface area (Å²) in [6.45, 7) is 2.22. The summed E-state index contributed by atoms with van der Waals surface area (Å²) in [6.07, 6.45) is 13.1. The molecule has 2 aliphatic rings. The van der Waals surface area contributed by atoms with Crippen molar-refractivity contribution in [1.29, 1.82) is 5.26 Å². The number of aliphatic imine (C=N–C) groups is 1. The number of hydrogen-bond donors (Lipinski definition) is 0. The van der Waals surface area contributed by atoms with Crippen molar-refractivity contribution in [2.45, 2.75) is 57.8 Å². The van der Waals surface area contributed by atoms with Gasteiger partial charge in [0, 0.05) is 18.0 Å². The third-order valence-corrected chi connectivity index (χ3v) is 5.69. The highest BCUT2D eigenvalue weighted by Gasteiger charge is 2.19. The van der Waals surface area contributed by atoms with Crippen LogP contribution in [0.25, 0.3) is 0 Å². The average Bonchev–Trinajstić information content (AvgIpc) is 2.74. The molecule has 0 unspecified atom stereocenters. The van der Waals surface area contributed by atoms with Gasteiger partial charge >= 0.3 is 0 Å². The van der Waals surface area contributed by atoms with Crippen LogP contribution in [-0.4, -0.2) is 24.3 Å². The van der Waals surface area contributed by atoms with Gasteiger partial charge in [-0.25, -0.2) is 4.99 Å². The van der Waals surface area contributed by atoms with Gasteiger partial charge in [-0.2, -0.15) is 5.26 Å². The van der Waals surface area contributed by atoms with E-state index in [0.717, 1.165) is 36.5 Å². The minimum absolute atomic E-state index is 0.850. The molecule has 0 bridgehead atoms. The Morgan fingerprint density at radius 3 is 2.48 bits per heavy atom. The van der Waals surface area contributed by atoms with E-state index in [0.29, 0.717) is 0 Å². The lowest BCUT2D eigenvalue weighted by molar-refractivity contribution is 0.448. The Bertz CT molecular complexity index is 545. The Morgan fingerprint density at radius 1 is 1.00 bits per heavy atom.